The van der Waals surface area contributed by atoms with E-state index in [1.807, 2.05) is 12.4 Å². The van der Waals surface area contributed by atoms with Crippen molar-refractivity contribution in [1.82, 2.24) is 20.2 Å². The maximum Gasteiger partial charge on any atom is 0.147 e. The minimum Gasteiger partial charge on any atom is -0.352 e. The van der Waals surface area contributed by atoms with Crippen LogP contribution in [0, 0.1) is 0 Å². The van der Waals surface area contributed by atoms with Crippen molar-refractivity contribution in [3.8, 4) is 0 Å². The molecule has 0 bridgehead atoms. The molecule has 0 atom stereocenters. The molecule has 3 rings (SSSR count). The second kappa shape index (κ2) is 5.30. The lowest BCUT2D eigenvalue weighted by molar-refractivity contribution is 0.138. The van der Waals surface area contributed by atoms with Crippen LogP contribution < -0.4 is 10.2 Å². The van der Waals surface area contributed by atoms with Crippen LogP contribution in [0.2, 0.25) is 0 Å². The molecule has 5 nitrogen and oxygen atoms in total. The molecule has 0 aromatic carbocycles. The molecular weight excluding hydrogens is 250 g/mol. The molecule has 1 aromatic rings. The van der Waals surface area contributed by atoms with E-state index < -0.39 is 0 Å². The number of nitrogens with zero attached hydrogens (tertiary/aromatic N) is 4. The van der Waals surface area contributed by atoms with Gasteiger partial charge in [0.1, 0.15) is 5.82 Å². The lowest BCUT2D eigenvalue weighted by atomic mass is 10.00. The van der Waals surface area contributed by atoms with Crippen LogP contribution in [0.5, 0.6) is 0 Å². The molecule has 110 valence electrons. The van der Waals surface area contributed by atoms with Crippen LogP contribution in [0.4, 0.5) is 5.82 Å². The predicted molar refractivity (Wildman–Crippen MR) is 80.8 cm³/mol. The molecule has 2 fully saturated rings. The molecule has 0 unspecified atom stereocenters. The van der Waals surface area contributed by atoms with E-state index in [-0.39, 0.29) is 5.54 Å². The fourth-order valence-corrected chi connectivity index (χ4v) is 2.57. The van der Waals surface area contributed by atoms with Crippen molar-refractivity contribution >= 4 is 5.82 Å². The summed E-state index contributed by atoms with van der Waals surface area (Å²) in [5.74, 6) is 1.00. The number of nitrogens with one attached hydrogen (secondary N) is 1. The topological polar surface area (TPSA) is 44.3 Å². The predicted octanol–water partition coefficient (Wildman–Crippen LogP) is 1.26. The van der Waals surface area contributed by atoms with Gasteiger partial charge in [-0.05, 0) is 33.7 Å². The molecule has 1 saturated carbocycles. The monoisotopic (exact) mass is 275 g/mol. The minimum atomic E-state index is 0.187. The normalized spacial score (nSPS) is 23.1. The molecule has 2 heterocycles. The first kappa shape index (κ1) is 13.8. The summed E-state index contributed by atoms with van der Waals surface area (Å²) in [7, 11) is 2.19. The maximum absolute atomic E-state index is 4.60. The summed E-state index contributed by atoms with van der Waals surface area (Å²) in [5, 5.41) is 3.47. The maximum atomic E-state index is 4.60. The highest BCUT2D eigenvalue weighted by Crippen LogP contribution is 2.22. The molecule has 1 N–H and O–H groups in total. The van der Waals surface area contributed by atoms with Gasteiger partial charge in [-0.3, -0.25) is 9.88 Å². The largest absolute Gasteiger partial charge is 0.352 e. The van der Waals surface area contributed by atoms with E-state index in [4.69, 9.17) is 0 Å². The third-order valence-corrected chi connectivity index (χ3v) is 4.48. The quantitative estimate of drug-likeness (QED) is 0.896. The minimum absolute atomic E-state index is 0.187. The highest BCUT2D eigenvalue weighted by molar-refractivity contribution is 5.37. The number of piperazine rings is 1. The van der Waals surface area contributed by atoms with Gasteiger partial charge in [0.25, 0.3) is 0 Å². The molecule has 0 spiro atoms. The number of likely N-dealkylation sites (N-methyl/N-ethyl adjacent to an activating group) is 1. The Morgan fingerprint density at radius 1 is 1.25 bits per heavy atom. The zero-order valence-corrected chi connectivity index (χ0v) is 12.8. The highest BCUT2D eigenvalue weighted by Gasteiger charge is 2.31. The van der Waals surface area contributed by atoms with Crippen LogP contribution in [0.15, 0.2) is 12.4 Å². The summed E-state index contributed by atoms with van der Waals surface area (Å²) in [6.07, 6.45) is 6.45. The third kappa shape index (κ3) is 3.10. The summed E-state index contributed by atoms with van der Waals surface area (Å²) in [6.45, 7) is 8.49. The van der Waals surface area contributed by atoms with Gasteiger partial charge in [0, 0.05) is 37.8 Å². The summed E-state index contributed by atoms with van der Waals surface area (Å²) in [5.41, 5.74) is 1.22. The van der Waals surface area contributed by atoms with Crippen LogP contribution in [0.25, 0.3) is 0 Å². The fourth-order valence-electron chi connectivity index (χ4n) is 2.57. The van der Waals surface area contributed by atoms with Gasteiger partial charge >= 0.3 is 0 Å². The van der Waals surface area contributed by atoms with E-state index in [1.54, 1.807) is 0 Å². The molecule has 20 heavy (non-hydrogen) atoms. The average molecular weight is 275 g/mol. The van der Waals surface area contributed by atoms with E-state index in [9.17, 15) is 0 Å². The van der Waals surface area contributed by atoms with Crippen LogP contribution >= 0.6 is 0 Å². The van der Waals surface area contributed by atoms with Crippen LogP contribution in [0.3, 0.4) is 0 Å². The van der Waals surface area contributed by atoms with Gasteiger partial charge in [-0.15, -0.1) is 0 Å². The van der Waals surface area contributed by atoms with Crippen molar-refractivity contribution in [1.29, 1.82) is 0 Å². The van der Waals surface area contributed by atoms with Crippen molar-refractivity contribution in [2.24, 2.45) is 0 Å². The van der Waals surface area contributed by atoms with E-state index in [0.717, 1.165) is 43.7 Å². The van der Waals surface area contributed by atoms with Crippen molar-refractivity contribution in [3.05, 3.63) is 18.1 Å². The van der Waals surface area contributed by atoms with Gasteiger partial charge in [-0.1, -0.05) is 0 Å². The molecule has 1 saturated heterocycles. The van der Waals surface area contributed by atoms with E-state index in [2.05, 4.69) is 46.0 Å². The molecule has 2 aliphatic rings. The van der Waals surface area contributed by atoms with Crippen molar-refractivity contribution in [2.45, 2.75) is 44.8 Å². The van der Waals surface area contributed by atoms with E-state index in [1.165, 1.54) is 12.8 Å². The van der Waals surface area contributed by atoms with Crippen LogP contribution in [-0.2, 0) is 6.54 Å². The molecule has 5 heteroatoms. The summed E-state index contributed by atoms with van der Waals surface area (Å²) in [6, 6.07) is 0.718. The Hall–Kier alpha value is -1.20. The number of hydrogen-bond acceptors (Lipinski definition) is 5. The van der Waals surface area contributed by atoms with Crippen molar-refractivity contribution in [3.63, 3.8) is 0 Å². The molecule has 1 aromatic heterocycles. The van der Waals surface area contributed by atoms with Gasteiger partial charge in [0.05, 0.1) is 18.1 Å². The smallest absolute Gasteiger partial charge is 0.147 e. The van der Waals surface area contributed by atoms with Gasteiger partial charge in [-0.2, -0.15) is 0 Å². The first-order valence-corrected chi connectivity index (χ1v) is 7.55. The average Bonchev–Trinajstić information content (AvgIpc) is 3.24. The fraction of sp³-hybridized carbons (Fsp3) is 0.733. The Balaban J connectivity index is 1.61. The SMILES string of the molecule is CN1CCN(c2cnc(CNC3CC3)cn2)CC1(C)C. The number of aromatic nitrogens is 2. The Bertz CT molecular complexity index is 452. The number of rotatable bonds is 4. The molecule has 1 aliphatic carbocycles. The second-order valence-electron chi connectivity index (χ2n) is 6.68. The molecular formula is C15H25N5. The van der Waals surface area contributed by atoms with Gasteiger partial charge in [-0.25, -0.2) is 4.98 Å². The lowest BCUT2D eigenvalue weighted by Gasteiger charge is -2.45. The summed E-state index contributed by atoms with van der Waals surface area (Å²) >= 11 is 0. The van der Waals surface area contributed by atoms with Crippen LogP contribution in [-0.4, -0.2) is 53.1 Å². The standard InChI is InChI=1S/C15H25N5/c1-15(2)11-20(7-6-19(15)3)14-10-17-13(9-18-14)8-16-12-4-5-12/h9-10,12,16H,4-8,11H2,1-3H3. The Kier molecular flexibility index (Phi) is 3.65. The van der Waals surface area contributed by atoms with Gasteiger partial charge in [0.15, 0.2) is 0 Å². The zero-order chi connectivity index (χ0) is 14.2. The van der Waals surface area contributed by atoms with E-state index >= 15 is 0 Å². The summed E-state index contributed by atoms with van der Waals surface area (Å²) < 4.78 is 0. The molecule has 0 radical (unpaired) electrons. The number of hydrogen-bond donors (Lipinski definition) is 1. The Morgan fingerprint density at radius 2 is 2.05 bits per heavy atom. The Morgan fingerprint density at radius 3 is 2.65 bits per heavy atom. The Labute approximate surface area is 121 Å². The van der Waals surface area contributed by atoms with E-state index in [0.29, 0.717) is 0 Å². The van der Waals surface area contributed by atoms with Crippen molar-refractivity contribution in [2.75, 3.05) is 31.6 Å². The number of anilines is 1. The van der Waals surface area contributed by atoms with Crippen LogP contribution in [0.1, 0.15) is 32.4 Å². The van der Waals surface area contributed by atoms with Crippen molar-refractivity contribution < 1.29 is 0 Å². The second-order valence-corrected chi connectivity index (χ2v) is 6.68. The molecule has 1 aliphatic heterocycles. The van der Waals surface area contributed by atoms with Gasteiger partial charge in [0.2, 0.25) is 0 Å². The summed E-state index contributed by atoms with van der Waals surface area (Å²) in [4.78, 5) is 13.9. The first-order chi connectivity index (χ1) is 9.54. The molecule has 0 amide bonds. The first-order valence-electron chi connectivity index (χ1n) is 7.55. The lowest BCUT2D eigenvalue weighted by Crippen LogP contribution is -2.57. The highest BCUT2D eigenvalue weighted by atomic mass is 15.3. The third-order valence-electron chi connectivity index (χ3n) is 4.48. The zero-order valence-electron chi connectivity index (χ0n) is 12.8. The van der Waals surface area contributed by atoms with Gasteiger partial charge < -0.3 is 10.2 Å².